The molecule has 1 heterocycles. The number of primary amides is 1. The topological polar surface area (TPSA) is 55.6 Å². The largest absolute Gasteiger partial charge is 0.501 e. The first-order chi connectivity index (χ1) is 9.49. The van der Waals surface area contributed by atoms with Crippen LogP contribution in [0.2, 0.25) is 0 Å². The Morgan fingerprint density at radius 1 is 1.45 bits per heavy atom. The van der Waals surface area contributed by atoms with Crippen molar-refractivity contribution >= 4 is 5.91 Å². The van der Waals surface area contributed by atoms with Crippen LogP contribution in [-0.2, 0) is 9.53 Å². The van der Waals surface area contributed by atoms with Crippen LogP contribution in [0.25, 0.3) is 0 Å². The van der Waals surface area contributed by atoms with E-state index in [1.165, 1.54) is 0 Å². The molecule has 1 amide bonds. The predicted octanol–water partition coefficient (Wildman–Crippen LogP) is 2.07. The maximum Gasteiger partial charge on any atom is 0.228 e. The van der Waals surface area contributed by atoms with Crippen LogP contribution in [0.4, 0.5) is 0 Å². The monoisotopic (exact) mass is 278 g/mol. The van der Waals surface area contributed by atoms with E-state index in [2.05, 4.69) is 18.7 Å². The van der Waals surface area contributed by atoms with E-state index in [9.17, 15) is 4.79 Å². The van der Waals surface area contributed by atoms with Gasteiger partial charge >= 0.3 is 0 Å². The highest BCUT2D eigenvalue weighted by atomic mass is 16.5. The van der Waals surface area contributed by atoms with E-state index in [1.54, 1.807) is 7.11 Å². The molecule has 20 heavy (non-hydrogen) atoms. The van der Waals surface area contributed by atoms with Gasteiger partial charge in [0.1, 0.15) is 0 Å². The Hall–Kier alpha value is -1.29. The van der Waals surface area contributed by atoms with Crippen molar-refractivity contribution in [1.29, 1.82) is 0 Å². The predicted molar refractivity (Wildman–Crippen MR) is 79.9 cm³/mol. The van der Waals surface area contributed by atoms with Crippen LogP contribution in [0, 0.1) is 11.3 Å². The molecule has 0 aromatic carbocycles. The second kappa shape index (κ2) is 6.00. The van der Waals surface area contributed by atoms with E-state index in [0.717, 1.165) is 31.7 Å². The molecule has 0 aromatic rings. The summed E-state index contributed by atoms with van der Waals surface area (Å²) in [5, 5.41) is 0. The maximum atomic E-state index is 12.1. The van der Waals surface area contributed by atoms with Gasteiger partial charge in [-0.1, -0.05) is 12.2 Å². The van der Waals surface area contributed by atoms with Gasteiger partial charge in [-0.05, 0) is 51.8 Å². The standard InChI is InChI=1S/C16H26N2O2/c1-12(2)18-9-6-13(7-10-18)16(15(17)19)8-4-5-14(11-16)20-3/h4-5,8,12-13H,6-7,9-11H2,1-3H3,(H2,17,19). The minimum absolute atomic E-state index is 0.223. The maximum absolute atomic E-state index is 12.1. The Labute approximate surface area is 121 Å². The van der Waals surface area contributed by atoms with Crippen molar-refractivity contribution in [3.05, 3.63) is 24.0 Å². The minimum atomic E-state index is -0.566. The van der Waals surface area contributed by atoms with Gasteiger partial charge in [0.15, 0.2) is 0 Å². The Morgan fingerprint density at radius 3 is 2.60 bits per heavy atom. The first kappa shape index (κ1) is 15.1. The van der Waals surface area contributed by atoms with E-state index in [0.29, 0.717) is 18.4 Å². The highest BCUT2D eigenvalue weighted by molar-refractivity contribution is 5.84. The zero-order valence-corrected chi connectivity index (χ0v) is 12.8. The SMILES string of the molecule is COC1=CC=CC(C(N)=O)(C2CCN(C(C)C)CC2)C1. The molecule has 2 N–H and O–H groups in total. The van der Waals surface area contributed by atoms with Crippen molar-refractivity contribution in [3.63, 3.8) is 0 Å². The molecule has 1 aliphatic heterocycles. The number of carbonyl (C=O) groups excluding carboxylic acids is 1. The second-order valence-electron chi connectivity index (χ2n) is 6.18. The molecule has 4 nitrogen and oxygen atoms in total. The fraction of sp³-hybridized carbons (Fsp3) is 0.688. The Kier molecular flexibility index (Phi) is 4.53. The van der Waals surface area contributed by atoms with Gasteiger partial charge in [0, 0.05) is 12.5 Å². The molecule has 0 radical (unpaired) electrons. The molecule has 2 rings (SSSR count). The average Bonchev–Trinajstić information content (AvgIpc) is 2.47. The van der Waals surface area contributed by atoms with Crippen LogP contribution in [0.1, 0.15) is 33.1 Å². The van der Waals surface area contributed by atoms with Crippen LogP contribution in [-0.4, -0.2) is 37.0 Å². The summed E-state index contributed by atoms with van der Waals surface area (Å²) >= 11 is 0. The fourth-order valence-electron chi connectivity index (χ4n) is 3.46. The molecule has 0 spiro atoms. The summed E-state index contributed by atoms with van der Waals surface area (Å²) in [6, 6.07) is 0.566. The Bertz CT molecular complexity index is 420. The Morgan fingerprint density at radius 2 is 2.10 bits per heavy atom. The third-order valence-corrected chi connectivity index (χ3v) is 4.85. The van der Waals surface area contributed by atoms with Crippen molar-refractivity contribution in [2.75, 3.05) is 20.2 Å². The molecular weight excluding hydrogens is 252 g/mol. The fourth-order valence-corrected chi connectivity index (χ4v) is 3.46. The minimum Gasteiger partial charge on any atom is -0.501 e. The molecule has 0 saturated carbocycles. The van der Waals surface area contributed by atoms with E-state index in [1.807, 2.05) is 18.2 Å². The molecule has 0 aromatic heterocycles. The van der Waals surface area contributed by atoms with Gasteiger partial charge in [-0.3, -0.25) is 4.79 Å². The van der Waals surface area contributed by atoms with Gasteiger partial charge in [0.2, 0.25) is 5.91 Å². The number of nitrogens with zero attached hydrogens (tertiary/aromatic N) is 1. The van der Waals surface area contributed by atoms with Crippen LogP contribution >= 0.6 is 0 Å². The summed E-state index contributed by atoms with van der Waals surface area (Å²) < 4.78 is 5.34. The summed E-state index contributed by atoms with van der Waals surface area (Å²) in [5.74, 6) is 0.932. The van der Waals surface area contributed by atoms with Gasteiger partial charge in [-0.25, -0.2) is 0 Å². The molecule has 1 aliphatic carbocycles. The van der Waals surface area contributed by atoms with Gasteiger partial charge in [-0.2, -0.15) is 0 Å². The number of hydrogen-bond acceptors (Lipinski definition) is 3. The smallest absolute Gasteiger partial charge is 0.228 e. The molecule has 1 fully saturated rings. The van der Waals surface area contributed by atoms with Gasteiger partial charge in [-0.15, -0.1) is 0 Å². The average molecular weight is 278 g/mol. The number of carbonyl (C=O) groups is 1. The zero-order chi connectivity index (χ0) is 14.8. The van der Waals surface area contributed by atoms with E-state index < -0.39 is 5.41 Å². The quantitative estimate of drug-likeness (QED) is 0.856. The molecule has 112 valence electrons. The normalized spacial score (nSPS) is 28.5. The number of nitrogens with two attached hydrogens (primary N) is 1. The van der Waals surface area contributed by atoms with Crippen LogP contribution in [0.3, 0.4) is 0 Å². The van der Waals surface area contributed by atoms with Crippen molar-refractivity contribution in [1.82, 2.24) is 4.90 Å². The molecule has 2 aliphatic rings. The summed E-state index contributed by atoms with van der Waals surface area (Å²) in [6.07, 6.45) is 8.46. The van der Waals surface area contributed by atoms with Crippen LogP contribution < -0.4 is 5.73 Å². The lowest BCUT2D eigenvalue weighted by atomic mass is 9.66. The second-order valence-corrected chi connectivity index (χ2v) is 6.18. The van der Waals surface area contributed by atoms with Crippen molar-refractivity contribution in [2.45, 2.75) is 39.2 Å². The highest BCUT2D eigenvalue weighted by Gasteiger charge is 2.45. The lowest BCUT2D eigenvalue weighted by molar-refractivity contribution is -0.129. The molecule has 1 unspecified atom stereocenters. The molecular formula is C16H26N2O2. The highest BCUT2D eigenvalue weighted by Crippen LogP contribution is 2.43. The Balaban J connectivity index is 2.14. The van der Waals surface area contributed by atoms with Gasteiger partial charge in [0.05, 0.1) is 18.3 Å². The van der Waals surface area contributed by atoms with Crippen molar-refractivity contribution < 1.29 is 9.53 Å². The summed E-state index contributed by atoms with van der Waals surface area (Å²) in [5.41, 5.74) is 5.19. The number of allylic oxidation sites excluding steroid dienone is 3. The number of rotatable bonds is 4. The molecule has 0 bridgehead atoms. The van der Waals surface area contributed by atoms with E-state index in [4.69, 9.17) is 10.5 Å². The van der Waals surface area contributed by atoms with Crippen molar-refractivity contribution in [3.8, 4) is 0 Å². The van der Waals surface area contributed by atoms with Gasteiger partial charge < -0.3 is 15.4 Å². The molecule has 1 saturated heterocycles. The number of amides is 1. The third kappa shape index (κ3) is 2.75. The number of likely N-dealkylation sites (tertiary alicyclic amines) is 1. The van der Waals surface area contributed by atoms with Crippen LogP contribution in [0.15, 0.2) is 24.0 Å². The number of methoxy groups -OCH3 is 1. The summed E-state index contributed by atoms with van der Waals surface area (Å²) in [4.78, 5) is 14.6. The van der Waals surface area contributed by atoms with E-state index in [-0.39, 0.29) is 5.91 Å². The number of hydrogen-bond donors (Lipinski definition) is 1. The van der Waals surface area contributed by atoms with Gasteiger partial charge in [0.25, 0.3) is 0 Å². The third-order valence-electron chi connectivity index (χ3n) is 4.85. The first-order valence-corrected chi connectivity index (χ1v) is 7.46. The zero-order valence-electron chi connectivity index (χ0n) is 12.8. The number of ether oxygens (including phenoxy) is 1. The van der Waals surface area contributed by atoms with Crippen molar-refractivity contribution in [2.24, 2.45) is 17.1 Å². The first-order valence-electron chi connectivity index (χ1n) is 7.46. The van der Waals surface area contributed by atoms with Crippen LogP contribution in [0.5, 0.6) is 0 Å². The lowest BCUT2D eigenvalue weighted by Gasteiger charge is -2.43. The number of piperidine rings is 1. The molecule has 1 atom stereocenters. The summed E-state index contributed by atoms with van der Waals surface area (Å²) in [7, 11) is 1.65. The van der Waals surface area contributed by atoms with E-state index >= 15 is 0 Å². The lowest BCUT2D eigenvalue weighted by Crippen LogP contribution is -2.48. The summed E-state index contributed by atoms with van der Waals surface area (Å²) in [6.45, 7) is 6.52. The molecule has 4 heteroatoms.